The molecule has 5 nitrogen and oxygen atoms in total. The first-order chi connectivity index (χ1) is 6.38. The fourth-order valence-corrected chi connectivity index (χ4v) is 1.44. The van der Waals surface area contributed by atoms with Crippen LogP contribution in [0.5, 0.6) is 0 Å². The van der Waals surface area contributed by atoms with Gasteiger partial charge in [0.25, 0.3) is 0 Å². The number of carboxylic acid groups (broad SMARTS) is 1. The van der Waals surface area contributed by atoms with Crippen molar-refractivity contribution in [3.05, 3.63) is 24.0 Å². The molecule has 0 bridgehead atoms. The Balaban J connectivity index is 3.07. The molecular weight excluding hydrogens is 204 g/mol. The van der Waals surface area contributed by atoms with Crippen molar-refractivity contribution in [1.82, 2.24) is 4.98 Å². The molecule has 0 radical (unpaired) electrons. The van der Waals surface area contributed by atoms with Crippen LogP contribution in [0.2, 0.25) is 0 Å². The van der Waals surface area contributed by atoms with E-state index in [2.05, 4.69) is 9.35 Å². The van der Waals surface area contributed by atoms with Gasteiger partial charge in [-0.2, -0.15) is 4.36 Å². The lowest BCUT2D eigenvalue weighted by molar-refractivity contribution is 0.0690. The normalized spacial score (nSPS) is 11.0. The van der Waals surface area contributed by atoms with Gasteiger partial charge in [-0.1, -0.05) is 0 Å². The number of carbonyl (C=O) groups is 1. The van der Waals surface area contributed by atoms with Gasteiger partial charge in [-0.3, -0.25) is 0 Å². The zero-order valence-electron chi connectivity index (χ0n) is 7.80. The first kappa shape index (κ1) is 10.6. The molecule has 0 aliphatic heterocycles. The van der Waals surface area contributed by atoms with Crippen LogP contribution in [0.15, 0.2) is 22.7 Å². The predicted octanol–water partition coefficient (Wildman–Crippen LogP) is 1.14. The van der Waals surface area contributed by atoms with Gasteiger partial charge < -0.3 is 5.11 Å². The van der Waals surface area contributed by atoms with E-state index in [-0.39, 0.29) is 5.69 Å². The second kappa shape index (κ2) is 3.75. The second-order valence-corrected chi connectivity index (χ2v) is 5.52. The lowest BCUT2D eigenvalue weighted by Crippen LogP contribution is -1.98. The molecule has 1 heterocycles. The molecule has 0 aliphatic rings. The Morgan fingerprint density at radius 1 is 1.50 bits per heavy atom. The third kappa shape index (κ3) is 3.14. The number of carboxylic acids is 1. The fraction of sp³-hybridized carbons (Fsp3) is 0.250. The highest BCUT2D eigenvalue weighted by atomic mass is 32.2. The van der Waals surface area contributed by atoms with Crippen molar-refractivity contribution in [3.8, 4) is 0 Å². The molecule has 1 aromatic rings. The Labute approximate surface area is 82.0 Å². The minimum atomic E-state index is -2.22. The van der Waals surface area contributed by atoms with Crippen LogP contribution in [0.1, 0.15) is 10.5 Å². The van der Waals surface area contributed by atoms with Crippen LogP contribution in [0.25, 0.3) is 0 Å². The van der Waals surface area contributed by atoms with Gasteiger partial charge in [0.15, 0.2) is 0 Å². The molecule has 0 aliphatic carbocycles. The summed E-state index contributed by atoms with van der Waals surface area (Å²) in [5.41, 5.74) is 0.368. The van der Waals surface area contributed by atoms with Gasteiger partial charge in [-0.15, -0.1) is 0 Å². The Bertz CT molecular complexity index is 450. The van der Waals surface area contributed by atoms with Gasteiger partial charge in [0.1, 0.15) is 5.69 Å². The molecule has 1 N–H and O–H groups in total. The molecule has 0 fully saturated rings. The molecule has 0 saturated carbocycles. The van der Waals surface area contributed by atoms with Crippen LogP contribution >= 0.6 is 0 Å². The third-order valence-corrected chi connectivity index (χ3v) is 1.94. The number of rotatable bonds is 2. The Kier molecular flexibility index (Phi) is 2.85. The van der Waals surface area contributed by atoms with Gasteiger partial charge >= 0.3 is 5.97 Å². The van der Waals surface area contributed by atoms with Crippen LogP contribution in [-0.4, -0.2) is 32.8 Å². The van der Waals surface area contributed by atoms with E-state index in [4.69, 9.17) is 5.11 Å². The van der Waals surface area contributed by atoms with Crippen LogP contribution in [0.4, 0.5) is 5.69 Å². The van der Waals surface area contributed by atoms with E-state index < -0.39 is 15.7 Å². The maximum absolute atomic E-state index is 11.3. The summed E-state index contributed by atoms with van der Waals surface area (Å²) >= 11 is 0. The maximum atomic E-state index is 11.3. The third-order valence-electron chi connectivity index (χ3n) is 1.29. The number of hydrogen-bond acceptors (Lipinski definition) is 4. The number of hydrogen-bond donors (Lipinski definition) is 1. The SMILES string of the molecule is CS(C)(=O)=Nc1ccc(C(=O)O)nc1. The molecule has 0 amide bonds. The molecule has 76 valence electrons. The lowest BCUT2D eigenvalue weighted by atomic mass is 10.3. The van der Waals surface area contributed by atoms with Crippen molar-refractivity contribution in [2.24, 2.45) is 4.36 Å². The molecule has 1 rings (SSSR count). The summed E-state index contributed by atoms with van der Waals surface area (Å²) in [6.07, 6.45) is 4.28. The molecule has 14 heavy (non-hydrogen) atoms. The maximum Gasteiger partial charge on any atom is 0.354 e. The summed E-state index contributed by atoms with van der Waals surface area (Å²) in [6, 6.07) is 2.80. The van der Waals surface area contributed by atoms with Crippen LogP contribution in [0, 0.1) is 0 Å². The van der Waals surface area contributed by atoms with Gasteiger partial charge in [0.05, 0.1) is 11.9 Å². The number of aromatic nitrogens is 1. The smallest absolute Gasteiger partial charge is 0.354 e. The van der Waals surface area contributed by atoms with E-state index in [1.54, 1.807) is 0 Å². The minimum absolute atomic E-state index is 0.0531. The number of pyridine rings is 1. The Hall–Kier alpha value is -1.43. The molecule has 0 saturated heterocycles. The highest BCUT2D eigenvalue weighted by Crippen LogP contribution is 2.12. The second-order valence-electron chi connectivity index (χ2n) is 2.98. The Morgan fingerprint density at radius 2 is 2.14 bits per heavy atom. The van der Waals surface area contributed by atoms with Crippen molar-refractivity contribution in [2.75, 3.05) is 12.5 Å². The van der Waals surface area contributed by atoms with Crippen LogP contribution < -0.4 is 0 Å². The average Bonchev–Trinajstić information content (AvgIpc) is 2.02. The van der Waals surface area contributed by atoms with Crippen molar-refractivity contribution < 1.29 is 14.1 Å². The predicted molar refractivity (Wildman–Crippen MR) is 53.3 cm³/mol. The topological polar surface area (TPSA) is 79.6 Å². The summed E-state index contributed by atoms with van der Waals surface area (Å²) in [5, 5.41) is 8.56. The summed E-state index contributed by atoms with van der Waals surface area (Å²) in [5.74, 6) is -1.09. The molecule has 0 spiro atoms. The van der Waals surface area contributed by atoms with Crippen LogP contribution in [0.3, 0.4) is 0 Å². The van der Waals surface area contributed by atoms with E-state index >= 15 is 0 Å². The van der Waals surface area contributed by atoms with E-state index in [0.29, 0.717) is 5.69 Å². The van der Waals surface area contributed by atoms with Crippen molar-refractivity contribution in [1.29, 1.82) is 0 Å². The first-order valence-corrected chi connectivity index (χ1v) is 6.08. The fourth-order valence-electron chi connectivity index (χ4n) is 0.820. The highest BCUT2D eigenvalue weighted by molar-refractivity contribution is 7.92. The Morgan fingerprint density at radius 3 is 2.50 bits per heavy atom. The monoisotopic (exact) mass is 214 g/mol. The first-order valence-electron chi connectivity index (χ1n) is 3.75. The van der Waals surface area contributed by atoms with E-state index in [0.717, 1.165) is 0 Å². The van der Waals surface area contributed by atoms with Gasteiger partial charge in [0, 0.05) is 22.2 Å². The van der Waals surface area contributed by atoms with Gasteiger partial charge in [-0.05, 0) is 12.1 Å². The van der Waals surface area contributed by atoms with Crippen LogP contribution in [-0.2, 0) is 9.73 Å². The van der Waals surface area contributed by atoms with Crippen molar-refractivity contribution in [2.45, 2.75) is 0 Å². The molecule has 0 aromatic carbocycles. The zero-order valence-corrected chi connectivity index (χ0v) is 8.61. The summed E-state index contributed by atoms with van der Waals surface area (Å²) in [7, 11) is -2.22. The highest BCUT2D eigenvalue weighted by Gasteiger charge is 2.03. The van der Waals surface area contributed by atoms with Gasteiger partial charge in [-0.25, -0.2) is 14.0 Å². The zero-order chi connectivity index (χ0) is 10.8. The molecule has 1 aromatic heterocycles. The molecule has 0 unspecified atom stereocenters. The van der Waals surface area contributed by atoms with Crippen molar-refractivity contribution in [3.63, 3.8) is 0 Å². The minimum Gasteiger partial charge on any atom is -0.477 e. The van der Waals surface area contributed by atoms with E-state index in [9.17, 15) is 9.00 Å². The lowest BCUT2D eigenvalue weighted by Gasteiger charge is -1.96. The molecular formula is C8H10N2O3S. The average molecular weight is 214 g/mol. The van der Waals surface area contributed by atoms with Gasteiger partial charge in [0.2, 0.25) is 0 Å². The summed E-state index contributed by atoms with van der Waals surface area (Å²) < 4.78 is 15.1. The summed E-state index contributed by atoms with van der Waals surface area (Å²) in [6.45, 7) is 0. The summed E-state index contributed by atoms with van der Waals surface area (Å²) in [4.78, 5) is 14.1. The molecule has 6 heteroatoms. The largest absolute Gasteiger partial charge is 0.477 e. The van der Waals surface area contributed by atoms with Crippen molar-refractivity contribution >= 4 is 21.4 Å². The number of aromatic carboxylic acids is 1. The quantitative estimate of drug-likeness (QED) is 0.800. The number of nitrogens with zero attached hydrogens (tertiary/aromatic N) is 2. The standard InChI is InChI=1S/C8H10N2O3S/c1-14(2,13)10-6-3-4-7(8(11)12)9-5-6/h3-5H,1-2H3,(H,11,12). The van der Waals surface area contributed by atoms with E-state index in [1.807, 2.05) is 0 Å². The van der Waals surface area contributed by atoms with E-state index in [1.165, 1.54) is 30.8 Å². The molecule has 0 atom stereocenters.